The fourth-order valence-electron chi connectivity index (χ4n) is 3.03. The summed E-state index contributed by atoms with van der Waals surface area (Å²) in [6.45, 7) is 1.03. The highest BCUT2D eigenvalue weighted by Gasteiger charge is 2.27. The number of nitrogens with zero attached hydrogens (tertiary/aromatic N) is 1. The number of anilines is 1. The van der Waals surface area contributed by atoms with Crippen LogP contribution in [0, 0.1) is 6.92 Å². The van der Waals surface area contributed by atoms with E-state index in [1.54, 1.807) is 18.3 Å². The molecule has 1 aromatic carbocycles. The number of nitrogens with one attached hydrogen (secondary N) is 1. The van der Waals surface area contributed by atoms with Crippen molar-refractivity contribution in [1.29, 1.82) is 0 Å². The highest BCUT2D eigenvalue weighted by Crippen LogP contribution is 2.34. The first-order chi connectivity index (χ1) is 15.8. The van der Waals surface area contributed by atoms with Gasteiger partial charge in [0, 0.05) is 6.42 Å². The SMILES string of the molecule is COC(=O)c1sc(NC(=O)COC(=O)CCCc2nc3ccccc3s2)c(C(=O)OC)c1C. The van der Waals surface area contributed by atoms with Gasteiger partial charge in [-0.3, -0.25) is 9.59 Å². The van der Waals surface area contributed by atoms with Crippen molar-refractivity contribution >= 4 is 61.7 Å². The molecule has 0 bridgehead atoms. The maximum absolute atomic E-state index is 12.3. The number of amides is 1. The third kappa shape index (κ3) is 5.93. The van der Waals surface area contributed by atoms with Gasteiger partial charge in [-0.15, -0.1) is 22.7 Å². The summed E-state index contributed by atoms with van der Waals surface area (Å²) in [5.41, 5.74) is 1.32. The molecule has 0 aliphatic rings. The molecule has 11 heteroatoms. The molecular formula is C22H22N2O7S2. The van der Waals surface area contributed by atoms with Crippen LogP contribution in [0.15, 0.2) is 24.3 Å². The van der Waals surface area contributed by atoms with Crippen molar-refractivity contribution in [2.45, 2.75) is 26.2 Å². The molecule has 0 unspecified atom stereocenters. The number of aromatic nitrogens is 1. The van der Waals surface area contributed by atoms with Crippen LogP contribution < -0.4 is 5.32 Å². The molecule has 0 fully saturated rings. The predicted octanol–water partition coefficient (Wildman–Crippen LogP) is 3.74. The van der Waals surface area contributed by atoms with Crippen LogP contribution in [-0.4, -0.2) is 49.6 Å². The highest BCUT2D eigenvalue weighted by atomic mass is 32.1. The molecule has 33 heavy (non-hydrogen) atoms. The van der Waals surface area contributed by atoms with Crippen LogP contribution in [0.3, 0.4) is 0 Å². The molecule has 0 saturated heterocycles. The first-order valence-electron chi connectivity index (χ1n) is 9.94. The molecule has 0 aliphatic heterocycles. The lowest BCUT2D eigenvalue weighted by molar-refractivity contribution is -0.147. The highest BCUT2D eigenvalue weighted by molar-refractivity contribution is 7.19. The number of ether oxygens (including phenoxy) is 3. The van der Waals surface area contributed by atoms with Gasteiger partial charge in [-0.05, 0) is 37.5 Å². The lowest BCUT2D eigenvalue weighted by Gasteiger charge is -2.07. The average molecular weight is 491 g/mol. The van der Waals surface area contributed by atoms with E-state index < -0.39 is 30.4 Å². The number of thiophene rings is 1. The topological polar surface area (TPSA) is 121 Å². The second-order valence-electron chi connectivity index (χ2n) is 6.88. The average Bonchev–Trinajstić information content (AvgIpc) is 3.36. The number of esters is 3. The molecule has 3 rings (SSSR count). The van der Waals surface area contributed by atoms with Crippen molar-refractivity contribution < 1.29 is 33.4 Å². The molecule has 0 spiro atoms. The maximum atomic E-state index is 12.3. The number of para-hydroxylation sites is 1. The van der Waals surface area contributed by atoms with Crippen LogP contribution in [-0.2, 0) is 30.2 Å². The summed E-state index contributed by atoms with van der Waals surface area (Å²) in [5, 5.41) is 3.56. The standard InChI is InChI=1S/C22H22N2O7S2/c1-12-18(21(27)29-2)20(33-19(12)22(28)30-3)24-15(25)11-31-17(26)10-6-9-16-23-13-7-4-5-8-14(13)32-16/h4-5,7-8H,6,9-11H2,1-3H3,(H,24,25). The van der Waals surface area contributed by atoms with Crippen LogP contribution in [0.5, 0.6) is 0 Å². The summed E-state index contributed by atoms with van der Waals surface area (Å²) >= 11 is 2.47. The zero-order chi connectivity index (χ0) is 24.0. The molecule has 0 atom stereocenters. The molecule has 2 aromatic heterocycles. The number of hydrogen-bond acceptors (Lipinski definition) is 10. The molecule has 0 radical (unpaired) electrons. The summed E-state index contributed by atoms with van der Waals surface area (Å²) < 4.78 is 15.6. The van der Waals surface area contributed by atoms with Gasteiger partial charge in [-0.25, -0.2) is 14.6 Å². The molecular weight excluding hydrogens is 468 g/mol. The minimum atomic E-state index is -0.707. The van der Waals surface area contributed by atoms with E-state index in [-0.39, 0.29) is 21.9 Å². The Bertz CT molecular complexity index is 1170. The molecule has 3 aromatic rings. The van der Waals surface area contributed by atoms with Gasteiger partial charge in [0.2, 0.25) is 0 Å². The fraction of sp³-hybridized carbons (Fsp3) is 0.318. The van der Waals surface area contributed by atoms with Gasteiger partial charge in [0.05, 0.1) is 35.0 Å². The zero-order valence-electron chi connectivity index (χ0n) is 18.3. The number of methoxy groups -OCH3 is 2. The van der Waals surface area contributed by atoms with E-state index in [1.807, 2.05) is 24.3 Å². The molecule has 1 N–H and O–H groups in total. The smallest absolute Gasteiger partial charge is 0.348 e. The van der Waals surface area contributed by atoms with Crippen molar-refractivity contribution in [3.8, 4) is 0 Å². The molecule has 2 heterocycles. The van der Waals surface area contributed by atoms with Gasteiger partial charge >= 0.3 is 17.9 Å². The Morgan fingerprint density at radius 2 is 1.76 bits per heavy atom. The van der Waals surface area contributed by atoms with Gasteiger partial charge in [-0.2, -0.15) is 0 Å². The molecule has 0 saturated carbocycles. The van der Waals surface area contributed by atoms with Crippen LogP contribution in [0.1, 0.15) is 43.4 Å². The number of aryl methyl sites for hydroxylation is 1. The van der Waals surface area contributed by atoms with Crippen LogP contribution >= 0.6 is 22.7 Å². The van der Waals surface area contributed by atoms with Gasteiger partial charge in [0.1, 0.15) is 9.88 Å². The van der Waals surface area contributed by atoms with Crippen LogP contribution in [0.4, 0.5) is 5.00 Å². The minimum absolute atomic E-state index is 0.0541. The van der Waals surface area contributed by atoms with Crippen molar-refractivity contribution in [3.63, 3.8) is 0 Å². The largest absolute Gasteiger partial charge is 0.465 e. The van der Waals surface area contributed by atoms with E-state index in [0.717, 1.165) is 26.6 Å². The van der Waals surface area contributed by atoms with Crippen molar-refractivity contribution in [1.82, 2.24) is 4.98 Å². The van der Waals surface area contributed by atoms with E-state index in [0.29, 0.717) is 18.4 Å². The third-order valence-corrected chi connectivity index (χ3v) is 6.92. The van der Waals surface area contributed by atoms with Crippen LogP contribution in [0.25, 0.3) is 10.2 Å². The Kier molecular flexibility index (Phi) is 8.12. The first kappa shape index (κ1) is 24.3. The Morgan fingerprint density at radius 3 is 2.45 bits per heavy atom. The van der Waals surface area contributed by atoms with E-state index in [4.69, 9.17) is 14.2 Å². The fourth-order valence-corrected chi connectivity index (χ4v) is 5.17. The normalized spacial score (nSPS) is 10.6. The zero-order valence-corrected chi connectivity index (χ0v) is 19.9. The number of thiazole rings is 1. The lowest BCUT2D eigenvalue weighted by Crippen LogP contribution is -2.21. The van der Waals surface area contributed by atoms with Gasteiger partial charge in [0.25, 0.3) is 5.91 Å². The van der Waals surface area contributed by atoms with Crippen molar-refractivity contribution in [2.75, 3.05) is 26.1 Å². The van der Waals surface area contributed by atoms with Crippen molar-refractivity contribution in [3.05, 3.63) is 45.3 Å². The number of fused-ring (bicyclic) bond motifs is 1. The van der Waals surface area contributed by atoms with E-state index in [1.165, 1.54) is 14.2 Å². The van der Waals surface area contributed by atoms with Gasteiger partial charge in [-0.1, -0.05) is 12.1 Å². The predicted molar refractivity (Wildman–Crippen MR) is 124 cm³/mol. The van der Waals surface area contributed by atoms with Gasteiger partial charge in [0.15, 0.2) is 6.61 Å². The van der Waals surface area contributed by atoms with Gasteiger partial charge < -0.3 is 19.5 Å². The lowest BCUT2D eigenvalue weighted by atomic mass is 10.1. The number of benzene rings is 1. The van der Waals surface area contributed by atoms with E-state index in [2.05, 4.69) is 10.3 Å². The molecule has 0 aliphatic carbocycles. The summed E-state index contributed by atoms with van der Waals surface area (Å²) in [5.74, 6) is -2.50. The summed E-state index contributed by atoms with van der Waals surface area (Å²) in [4.78, 5) is 53.0. The van der Waals surface area contributed by atoms with E-state index in [9.17, 15) is 19.2 Å². The van der Waals surface area contributed by atoms with Crippen LogP contribution in [0.2, 0.25) is 0 Å². The monoisotopic (exact) mass is 490 g/mol. The first-order valence-corrected chi connectivity index (χ1v) is 11.6. The number of rotatable bonds is 9. The summed E-state index contributed by atoms with van der Waals surface area (Å²) in [6.07, 6.45) is 1.31. The van der Waals surface area contributed by atoms with Crippen molar-refractivity contribution in [2.24, 2.45) is 0 Å². The van der Waals surface area contributed by atoms with E-state index >= 15 is 0 Å². The Balaban J connectivity index is 1.51. The second kappa shape index (κ2) is 11.0. The third-order valence-electron chi connectivity index (χ3n) is 4.63. The quantitative estimate of drug-likeness (QED) is 0.356. The summed E-state index contributed by atoms with van der Waals surface area (Å²) in [6, 6.07) is 7.82. The second-order valence-corrected chi connectivity index (χ2v) is 9.02. The minimum Gasteiger partial charge on any atom is -0.465 e. The molecule has 9 nitrogen and oxygen atoms in total. The number of carbonyl (C=O) groups excluding carboxylic acids is 4. The Labute approximate surface area is 197 Å². The maximum Gasteiger partial charge on any atom is 0.348 e. The summed E-state index contributed by atoms with van der Waals surface area (Å²) in [7, 11) is 2.41. The number of carbonyl (C=O) groups is 4. The Hall–Kier alpha value is -3.31. The molecule has 1 amide bonds. The number of hydrogen-bond donors (Lipinski definition) is 1. The molecule has 174 valence electrons. The Morgan fingerprint density at radius 1 is 1.03 bits per heavy atom.